The standard InChI is InChI=1S/C26H23ClN4O4/c1-26(2,3)35-22(32)17-10-9-11-18(16-17)28-23-29-24(33-19-12-5-4-6-13-19)31-25(30-23)34-21-15-8-7-14-20(21)27/h4-16H,1-3H3,(H,28,29,30,31). The number of ether oxygens (including phenoxy) is 3. The maximum Gasteiger partial charge on any atom is 0.338 e. The number of para-hydroxylation sites is 2. The summed E-state index contributed by atoms with van der Waals surface area (Å²) in [6.07, 6.45) is 0. The monoisotopic (exact) mass is 490 g/mol. The summed E-state index contributed by atoms with van der Waals surface area (Å²) >= 11 is 6.22. The van der Waals surface area contributed by atoms with Gasteiger partial charge in [0.15, 0.2) is 0 Å². The van der Waals surface area contributed by atoms with Gasteiger partial charge in [-0.25, -0.2) is 4.79 Å². The number of hydrogen-bond donors (Lipinski definition) is 1. The zero-order valence-corrected chi connectivity index (χ0v) is 20.1. The van der Waals surface area contributed by atoms with Crippen molar-refractivity contribution in [1.29, 1.82) is 0 Å². The summed E-state index contributed by atoms with van der Waals surface area (Å²) in [6, 6.07) is 22.8. The third-order valence-electron chi connectivity index (χ3n) is 4.34. The van der Waals surface area contributed by atoms with E-state index in [1.54, 1.807) is 60.7 Å². The molecule has 0 fully saturated rings. The first kappa shape index (κ1) is 24.0. The first-order valence-electron chi connectivity index (χ1n) is 10.8. The molecular weight excluding hydrogens is 468 g/mol. The summed E-state index contributed by atoms with van der Waals surface area (Å²) < 4.78 is 17.0. The Morgan fingerprint density at radius 3 is 2.23 bits per heavy atom. The number of benzene rings is 3. The molecule has 0 radical (unpaired) electrons. The van der Waals surface area contributed by atoms with E-state index in [2.05, 4.69) is 20.3 Å². The maximum absolute atomic E-state index is 12.5. The number of rotatable bonds is 7. The summed E-state index contributed by atoms with van der Waals surface area (Å²) in [6.45, 7) is 5.44. The highest BCUT2D eigenvalue weighted by atomic mass is 35.5. The summed E-state index contributed by atoms with van der Waals surface area (Å²) in [5, 5.41) is 3.47. The van der Waals surface area contributed by atoms with Crippen LogP contribution >= 0.6 is 11.6 Å². The van der Waals surface area contributed by atoms with Crippen LogP contribution in [0.5, 0.6) is 23.5 Å². The van der Waals surface area contributed by atoms with Gasteiger partial charge in [-0.3, -0.25) is 0 Å². The van der Waals surface area contributed by atoms with Crippen LogP contribution < -0.4 is 14.8 Å². The van der Waals surface area contributed by atoms with E-state index >= 15 is 0 Å². The van der Waals surface area contributed by atoms with Crippen LogP contribution in [0.1, 0.15) is 31.1 Å². The molecule has 4 rings (SSSR count). The van der Waals surface area contributed by atoms with Crippen LogP contribution in [0.2, 0.25) is 5.02 Å². The number of halogens is 1. The van der Waals surface area contributed by atoms with Gasteiger partial charge in [-0.05, 0) is 63.2 Å². The van der Waals surface area contributed by atoms with Gasteiger partial charge in [0.1, 0.15) is 17.1 Å². The molecule has 0 unspecified atom stereocenters. The van der Waals surface area contributed by atoms with Crippen LogP contribution in [0.15, 0.2) is 78.9 Å². The minimum absolute atomic E-state index is 0.0130. The van der Waals surface area contributed by atoms with Gasteiger partial charge in [0.25, 0.3) is 0 Å². The normalized spacial score (nSPS) is 11.0. The van der Waals surface area contributed by atoms with E-state index in [9.17, 15) is 4.79 Å². The molecule has 1 N–H and O–H groups in total. The zero-order chi connectivity index (χ0) is 24.8. The summed E-state index contributed by atoms with van der Waals surface area (Å²) in [5.74, 6) is 0.631. The Labute approximate surface area is 207 Å². The van der Waals surface area contributed by atoms with Gasteiger partial charge in [-0.1, -0.05) is 48.0 Å². The molecule has 35 heavy (non-hydrogen) atoms. The molecule has 1 heterocycles. The highest BCUT2D eigenvalue weighted by molar-refractivity contribution is 6.32. The van der Waals surface area contributed by atoms with Crippen LogP contribution in [0, 0.1) is 0 Å². The predicted octanol–water partition coefficient (Wildman–Crippen LogP) is 6.81. The smallest absolute Gasteiger partial charge is 0.338 e. The van der Waals surface area contributed by atoms with Crippen molar-refractivity contribution < 1.29 is 19.0 Å². The van der Waals surface area contributed by atoms with Gasteiger partial charge in [-0.15, -0.1) is 4.98 Å². The largest absolute Gasteiger partial charge is 0.456 e. The van der Waals surface area contributed by atoms with Crippen molar-refractivity contribution in [1.82, 2.24) is 15.0 Å². The second-order valence-corrected chi connectivity index (χ2v) is 8.79. The van der Waals surface area contributed by atoms with E-state index in [-0.39, 0.29) is 18.0 Å². The van der Waals surface area contributed by atoms with E-state index in [4.69, 9.17) is 25.8 Å². The number of nitrogens with zero attached hydrogens (tertiary/aromatic N) is 3. The number of esters is 1. The second kappa shape index (κ2) is 10.4. The van der Waals surface area contributed by atoms with Crippen molar-refractivity contribution in [2.75, 3.05) is 5.32 Å². The summed E-state index contributed by atoms with van der Waals surface area (Å²) in [5.41, 5.74) is 0.338. The molecule has 0 aliphatic rings. The topological polar surface area (TPSA) is 95.5 Å². The van der Waals surface area contributed by atoms with Gasteiger partial charge in [-0.2, -0.15) is 9.97 Å². The molecule has 178 valence electrons. The average molecular weight is 491 g/mol. The Balaban J connectivity index is 1.63. The number of hydrogen-bond acceptors (Lipinski definition) is 8. The number of carbonyl (C=O) groups excluding carboxylic acids is 1. The van der Waals surface area contributed by atoms with Crippen molar-refractivity contribution >= 4 is 29.2 Å². The third kappa shape index (κ3) is 6.91. The fourth-order valence-corrected chi connectivity index (χ4v) is 3.07. The molecule has 0 saturated heterocycles. The van der Waals surface area contributed by atoms with Gasteiger partial charge >= 0.3 is 18.0 Å². The molecule has 0 aliphatic carbocycles. The molecule has 8 nitrogen and oxygen atoms in total. The zero-order valence-electron chi connectivity index (χ0n) is 19.4. The molecule has 9 heteroatoms. The number of anilines is 2. The lowest BCUT2D eigenvalue weighted by molar-refractivity contribution is 0.00695. The summed E-state index contributed by atoms with van der Waals surface area (Å²) in [4.78, 5) is 25.4. The molecule has 4 aromatic rings. The maximum atomic E-state index is 12.5. The van der Waals surface area contributed by atoms with Crippen LogP contribution in [0.25, 0.3) is 0 Å². The SMILES string of the molecule is CC(C)(C)OC(=O)c1cccc(Nc2nc(Oc3ccccc3)nc(Oc3ccccc3Cl)n2)c1. The molecule has 0 saturated carbocycles. The van der Waals surface area contributed by atoms with Crippen molar-refractivity contribution in [3.63, 3.8) is 0 Å². The molecule has 0 amide bonds. The molecule has 0 atom stereocenters. The van der Waals surface area contributed by atoms with Crippen LogP contribution in [-0.2, 0) is 4.74 Å². The Kier molecular flexibility index (Phi) is 7.12. The quantitative estimate of drug-likeness (QED) is 0.282. The van der Waals surface area contributed by atoms with Gasteiger partial charge in [0, 0.05) is 5.69 Å². The Bertz CT molecular complexity index is 1330. The van der Waals surface area contributed by atoms with E-state index in [1.165, 1.54) is 0 Å². The Morgan fingerprint density at radius 1 is 0.829 bits per heavy atom. The minimum Gasteiger partial charge on any atom is -0.456 e. The van der Waals surface area contributed by atoms with E-state index in [1.807, 2.05) is 39.0 Å². The van der Waals surface area contributed by atoms with Crippen molar-refractivity contribution in [2.24, 2.45) is 0 Å². The van der Waals surface area contributed by atoms with Crippen LogP contribution in [0.3, 0.4) is 0 Å². The minimum atomic E-state index is -0.608. The Hall–Kier alpha value is -4.17. The molecule has 3 aromatic carbocycles. The number of nitrogens with one attached hydrogen (secondary N) is 1. The van der Waals surface area contributed by atoms with Gasteiger partial charge in [0.2, 0.25) is 5.95 Å². The fourth-order valence-electron chi connectivity index (χ4n) is 2.90. The lowest BCUT2D eigenvalue weighted by Crippen LogP contribution is -2.23. The first-order valence-corrected chi connectivity index (χ1v) is 11.1. The molecule has 0 bridgehead atoms. The molecule has 0 spiro atoms. The average Bonchev–Trinajstić information content (AvgIpc) is 2.80. The van der Waals surface area contributed by atoms with Crippen LogP contribution in [-0.4, -0.2) is 26.5 Å². The van der Waals surface area contributed by atoms with Crippen molar-refractivity contribution in [3.05, 3.63) is 89.4 Å². The third-order valence-corrected chi connectivity index (χ3v) is 4.65. The van der Waals surface area contributed by atoms with Crippen LogP contribution in [0.4, 0.5) is 11.6 Å². The second-order valence-electron chi connectivity index (χ2n) is 8.38. The predicted molar refractivity (Wildman–Crippen MR) is 133 cm³/mol. The fraction of sp³-hybridized carbons (Fsp3) is 0.154. The van der Waals surface area contributed by atoms with Crippen molar-refractivity contribution in [3.8, 4) is 23.5 Å². The highest BCUT2D eigenvalue weighted by Gasteiger charge is 2.18. The van der Waals surface area contributed by atoms with E-state index < -0.39 is 11.6 Å². The molecule has 0 aliphatic heterocycles. The molecular formula is C26H23ClN4O4. The van der Waals surface area contributed by atoms with E-state index in [0.717, 1.165) is 0 Å². The van der Waals surface area contributed by atoms with Crippen molar-refractivity contribution in [2.45, 2.75) is 26.4 Å². The van der Waals surface area contributed by atoms with Gasteiger partial charge in [0.05, 0.1) is 10.6 Å². The van der Waals surface area contributed by atoms with E-state index in [0.29, 0.717) is 27.8 Å². The Morgan fingerprint density at radius 2 is 1.51 bits per heavy atom. The highest BCUT2D eigenvalue weighted by Crippen LogP contribution is 2.29. The number of carbonyl (C=O) groups is 1. The lowest BCUT2D eigenvalue weighted by atomic mass is 10.1. The molecule has 1 aromatic heterocycles. The van der Waals surface area contributed by atoms with Gasteiger partial charge < -0.3 is 19.5 Å². The first-order chi connectivity index (χ1) is 16.7. The summed E-state index contributed by atoms with van der Waals surface area (Å²) in [7, 11) is 0. The lowest BCUT2D eigenvalue weighted by Gasteiger charge is -2.19. The number of aromatic nitrogens is 3.